The van der Waals surface area contributed by atoms with Crippen LogP contribution in [-0.2, 0) is 6.18 Å². The summed E-state index contributed by atoms with van der Waals surface area (Å²) in [5, 5.41) is 4.96. The number of amides is 2. The molecule has 2 aromatic rings. The Balaban J connectivity index is 1.54. The third-order valence-corrected chi connectivity index (χ3v) is 4.23. The van der Waals surface area contributed by atoms with E-state index in [-0.39, 0.29) is 12.1 Å². The molecule has 0 saturated carbocycles. The number of nitrogens with one attached hydrogen (secondary N) is 1. The van der Waals surface area contributed by atoms with Crippen molar-refractivity contribution in [3.05, 3.63) is 41.4 Å². The largest absolute Gasteiger partial charge is 0.465 e. The third-order valence-electron chi connectivity index (χ3n) is 3.57. The Bertz CT molecular complexity index is 689. The van der Waals surface area contributed by atoms with Gasteiger partial charge in [0.2, 0.25) is 0 Å². The number of rotatable bonds is 3. The average molecular weight is 357 g/mol. The van der Waals surface area contributed by atoms with E-state index in [1.807, 2.05) is 0 Å². The lowest BCUT2D eigenvalue weighted by molar-refractivity contribution is -0.137. The summed E-state index contributed by atoms with van der Waals surface area (Å²) in [5.41, 5.74) is -0.434. The highest BCUT2D eigenvalue weighted by atomic mass is 32.1. The fourth-order valence-corrected chi connectivity index (χ4v) is 2.92. The van der Waals surface area contributed by atoms with Gasteiger partial charge >= 0.3 is 12.2 Å². The number of likely N-dealkylation sites (tertiary alicyclic amines) is 1. The normalized spacial score (nSPS) is 17.8. The highest BCUT2D eigenvalue weighted by Crippen LogP contribution is 2.30. The SMILES string of the molecule is O=C(Nc1ccc(C(F)(F)F)cc1)N1CCC(Oc2nccs2)C1. The van der Waals surface area contributed by atoms with E-state index in [4.69, 9.17) is 4.74 Å². The van der Waals surface area contributed by atoms with Gasteiger partial charge in [-0.3, -0.25) is 0 Å². The standard InChI is InChI=1S/C15H14F3N3O2S/c16-15(17,18)10-1-3-11(4-2-10)20-13(22)21-7-5-12(9-21)23-14-19-6-8-24-14/h1-4,6,8,12H,5,7,9H2,(H,20,22). The van der Waals surface area contributed by atoms with Gasteiger partial charge in [-0.25, -0.2) is 9.78 Å². The van der Waals surface area contributed by atoms with Crippen LogP contribution in [0.3, 0.4) is 0 Å². The number of ether oxygens (including phenoxy) is 1. The first kappa shape index (κ1) is 16.6. The molecular formula is C15H14F3N3O2S. The van der Waals surface area contributed by atoms with Crippen LogP contribution in [-0.4, -0.2) is 35.1 Å². The summed E-state index contributed by atoms with van der Waals surface area (Å²) in [4.78, 5) is 17.8. The van der Waals surface area contributed by atoms with Crippen molar-refractivity contribution in [1.29, 1.82) is 0 Å². The highest BCUT2D eigenvalue weighted by Gasteiger charge is 2.31. The lowest BCUT2D eigenvalue weighted by Gasteiger charge is -2.17. The first-order chi connectivity index (χ1) is 11.4. The molecule has 9 heteroatoms. The number of carbonyl (C=O) groups is 1. The van der Waals surface area contributed by atoms with Crippen LogP contribution >= 0.6 is 11.3 Å². The number of nitrogens with zero attached hydrogens (tertiary/aromatic N) is 2. The lowest BCUT2D eigenvalue weighted by Crippen LogP contribution is -2.34. The zero-order valence-electron chi connectivity index (χ0n) is 12.4. The van der Waals surface area contributed by atoms with Crippen molar-refractivity contribution in [1.82, 2.24) is 9.88 Å². The second kappa shape index (κ2) is 6.68. The van der Waals surface area contributed by atoms with Crippen molar-refractivity contribution in [3.8, 4) is 5.19 Å². The summed E-state index contributed by atoms with van der Waals surface area (Å²) in [6, 6.07) is 3.99. The molecule has 0 radical (unpaired) electrons. The van der Waals surface area contributed by atoms with Crippen LogP contribution in [0, 0.1) is 0 Å². The summed E-state index contributed by atoms with van der Waals surface area (Å²) in [7, 11) is 0. The molecule has 1 aromatic heterocycles. The predicted octanol–water partition coefficient (Wildman–Crippen LogP) is 3.85. The number of halogens is 3. The molecule has 0 spiro atoms. The first-order valence-electron chi connectivity index (χ1n) is 7.21. The molecule has 1 fully saturated rings. The molecule has 2 amide bonds. The van der Waals surface area contributed by atoms with Gasteiger partial charge in [0.25, 0.3) is 5.19 Å². The summed E-state index contributed by atoms with van der Waals surface area (Å²) >= 11 is 1.38. The van der Waals surface area contributed by atoms with Gasteiger partial charge in [-0.05, 0) is 24.3 Å². The van der Waals surface area contributed by atoms with Crippen molar-refractivity contribution >= 4 is 23.1 Å². The second-order valence-electron chi connectivity index (χ2n) is 5.28. The molecule has 2 heterocycles. The number of hydrogen-bond donors (Lipinski definition) is 1. The summed E-state index contributed by atoms with van der Waals surface area (Å²) in [5.74, 6) is 0. The molecule has 3 rings (SSSR count). The molecule has 1 aromatic carbocycles. The smallest absolute Gasteiger partial charge is 0.416 e. The van der Waals surface area contributed by atoms with E-state index in [1.54, 1.807) is 16.5 Å². The van der Waals surface area contributed by atoms with Crippen LogP contribution < -0.4 is 10.1 Å². The van der Waals surface area contributed by atoms with E-state index in [0.717, 1.165) is 12.1 Å². The van der Waals surface area contributed by atoms with Gasteiger partial charge in [0.15, 0.2) is 0 Å². The highest BCUT2D eigenvalue weighted by molar-refractivity contribution is 7.11. The van der Waals surface area contributed by atoms with E-state index in [9.17, 15) is 18.0 Å². The molecule has 0 bridgehead atoms. The molecule has 128 valence electrons. The fraction of sp³-hybridized carbons (Fsp3) is 0.333. The molecule has 5 nitrogen and oxygen atoms in total. The van der Waals surface area contributed by atoms with Gasteiger partial charge in [-0.15, -0.1) is 0 Å². The van der Waals surface area contributed by atoms with Crippen molar-refractivity contribution in [2.24, 2.45) is 0 Å². The molecule has 0 aliphatic carbocycles. The number of urea groups is 1. The zero-order valence-corrected chi connectivity index (χ0v) is 13.2. The number of benzene rings is 1. The van der Waals surface area contributed by atoms with Crippen molar-refractivity contribution < 1.29 is 22.7 Å². The maximum Gasteiger partial charge on any atom is 0.416 e. The number of thiazole rings is 1. The minimum Gasteiger partial charge on any atom is -0.465 e. The second-order valence-corrected chi connectivity index (χ2v) is 6.13. The molecule has 1 atom stereocenters. The number of carbonyl (C=O) groups excluding carboxylic acids is 1. The Kier molecular flexibility index (Phi) is 4.61. The van der Waals surface area contributed by atoms with Crippen LogP contribution in [0.4, 0.5) is 23.7 Å². The molecule has 1 N–H and O–H groups in total. The van der Waals surface area contributed by atoms with E-state index in [1.165, 1.54) is 23.5 Å². The molecule has 1 aliphatic heterocycles. The average Bonchev–Trinajstić information content (AvgIpc) is 3.19. The minimum atomic E-state index is -4.39. The Morgan fingerprint density at radius 3 is 2.71 bits per heavy atom. The van der Waals surface area contributed by atoms with Gasteiger partial charge in [0.1, 0.15) is 6.10 Å². The van der Waals surface area contributed by atoms with Crippen LogP contribution in [0.25, 0.3) is 0 Å². The first-order valence-corrected chi connectivity index (χ1v) is 8.09. The van der Waals surface area contributed by atoms with Crippen LogP contribution in [0.5, 0.6) is 5.19 Å². The van der Waals surface area contributed by atoms with Gasteiger partial charge in [0, 0.05) is 30.2 Å². The monoisotopic (exact) mass is 357 g/mol. The van der Waals surface area contributed by atoms with Crippen LogP contribution in [0.1, 0.15) is 12.0 Å². The summed E-state index contributed by atoms with van der Waals surface area (Å²) < 4.78 is 43.2. The number of hydrogen-bond acceptors (Lipinski definition) is 4. The van der Waals surface area contributed by atoms with Gasteiger partial charge in [-0.1, -0.05) is 11.3 Å². The summed E-state index contributed by atoms with van der Waals surface area (Å²) in [6.07, 6.45) is -2.20. The Morgan fingerprint density at radius 2 is 2.08 bits per heavy atom. The minimum absolute atomic E-state index is 0.130. The molecular weight excluding hydrogens is 343 g/mol. The molecule has 24 heavy (non-hydrogen) atoms. The Hall–Kier alpha value is -2.29. The van der Waals surface area contributed by atoms with Crippen molar-refractivity contribution in [2.75, 3.05) is 18.4 Å². The van der Waals surface area contributed by atoms with Crippen LogP contribution in [0.15, 0.2) is 35.8 Å². The van der Waals surface area contributed by atoms with E-state index in [2.05, 4.69) is 10.3 Å². The number of alkyl halides is 3. The quantitative estimate of drug-likeness (QED) is 0.908. The van der Waals surface area contributed by atoms with Gasteiger partial charge in [0.05, 0.1) is 12.1 Å². The Labute approximate surface area is 140 Å². The predicted molar refractivity (Wildman–Crippen MR) is 83.2 cm³/mol. The number of aromatic nitrogens is 1. The van der Waals surface area contributed by atoms with Gasteiger partial charge in [-0.2, -0.15) is 13.2 Å². The van der Waals surface area contributed by atoms with E-state index < -0.39 is 11.7 Å². The van der Waals surface area contributed by atoms with Crippen molar-refractivity contribution in [3.63, 3.8) is 0 Å². The third kappa shape index (κ3) is 3.97. The Morgan fingerprint density at radius 1 is 1.33 bits per heavy atom. The maximum absolute atomic E-state index is 12.5. The topological polar surface area (TPSA) is 54.5 Å². The lowest BCUT2D eigenvalue weighted by atomic mass is 10.2. The van der Waals surface area contributed by atoms with E-state index >= 15 is 0 Å². The maximum atomic E-state index is 12.5. The number of anilines is 1. The van der Waals surface area contributed by atoms with E-state index in [0.29, 0.717) is 30.4 Å². The molecule has 1 aliphatic rings. The van der Waals surface area contributed by atoms with Crippen LogP contribution in [0.2, 0.25) is 0 Å². The molecule has 1 unspecified atom stereocenters. The van der Waals surface area contributed by atoms with Crippen molar-refractivity contribution in [2.45, 2.75) is 18.7 Å². The zero-order chi connectivity index (χ0) is 17.2. The molecule has 1 saturated heterocycles. The fourth-order valence-electron chi connectivity index (χ4n) is 2.37. The van der Waals surface area contributed by atoms with Gasteiger partial charge < -0.3 is 15.0 Å². The summed E-state index contributed by atoms with van der Waals surface area (Å²) in [6.45, 7) is 0.925.